The van der Waals surface area contributed by atoms with Crippen LogP contribution in [0.4, 0.5) is 0 Å². The van der Waals surface area contributed by atoms with Crippen molar-refractivity contribution in [3.63, 3.8) is 0 Å². The minimum Gasteiger partial charge on any atom is -0.368 e. The van der Waals surface area contributed by atoms with Gasteiger partial charge >= 0.3 is 0 Å². The number of benzene rings is 2. The summed E-state index contributed by atoms with van der Waals surface area (Å²) in [5.74, 6) is -0.159. The van der Waals surface area contributed by atoms with Gasteiger partial charge in [-0.05, 0) is 25.0 Å². The van der Waals surface area contributed by atoms with Gasteiger partial charge in [0.15, 0.2) is 0 Å². The summed E-state index contributed by atoms with van der Waals surface area (Å²) in [5, 5.41) is 3.28. The van der Waals surface area contributed by atoms with Crippen LogP contribution < -0.4 is 11.1 Å². The Kier molecular flexibility index (Phi) is 4.76. The van der Waals surface area contributed by atoms with Crippen molar-refractivity contribution in [3.8, 4) is 0 Å². The van der Waals surface area contributed by atoms with Crippen LogP contribution >= 0.6 is 0 Å². The molecule has 21 heavy (non-hydrogen) atoms. The molecule has 0 unspecified atom stereocenters. The van der Waals surface area contributed by atoms with Gasteiger partial charge in [0.05, 0.1) is 5.54 Å². The Morgan fingerprint density at radius 3 is 1.81 bits per heavy atom. The van der Waals surface area contributed by atoms with Crippen LogP contribution in [0.15, 0.2) is 60.7 Å². The Hall–Kier alpha value is -2.13. The van der Waals surface area contributed by atoms with Crippen molar-refractivity contribution in [3.05, 3.63) is 71.8 Å². The fourth-order valence-corrected chi connectivity index (χ4v) is 2.24. The minimum absolute atomic E-state index is 0.186. The van der Waals surface area contributed by atoms with Crippen molar-refractivity contribution in [2.75, 3.05) is 6.54 Å². The molecule has 2 aromatic rings. The normalized spacial score (nSPS) is 11.6. The summed E-state index contributed by atoms with van der Waals surface area (Å²) in [6, 6.07) is 20.6. The summed E-state index contributed by atoms with van der Waals surface area (Å²) in [6.45, 7) is 4.27. The average molecular weight is 282 g/mol. The number of amides is 1. The van der Waals surface area contributed by atoms with Crippen molar-refractivity contribution < 1.29 is 4.79 Å². The fraction of sp³-hybridized carbons (Fsp3) is 0.278. The molecule has 0 aliphatic heterocycles. The molecule has 0 bridgehead atoms. The topological polar surface area (TPSA) is 55.1 Å². The van der Waals surface area contributed by atoms with E-state index in [0.717, 1.165) is 0 Å². The van der Waals surface area contributed by atoms with E-state index in [2.05, 4.69) is 29.6 Å². The lowest BCUT2D eigenvalue weighted by Gasteiger charge is -2.26. The third kappa shape index (κ3) is 3.92. The van der Waals surface area contributed by atoms with Crippen LogP contribution in [-0.2, 0) is 4.79 Å². The van der Waals surface area contributed by atoms with E-state index >= 15 is 0 Å². The maximum atomic E-state index is 11.5. The van der Waals surface area contributed by atoms with Gasteiger partial charge in [0.25, 0.3) is 0 Å². The zero-order valence-corrected chi connectivity index (χ0v) is 12.5. The molecule has 0 spiro atoms. The van der Waals surface area contributed by atoms with Gasteiger partial charge in [0.1, 0.15) is 0 Å². The first-order valence-electron chi connectivity index (χ1n) is 7.15. The lowest BCUT2D eigenvalue weighted by molar-refractivity contribution is -0.123. The molecular weight excluding hydrogens is 260 g/mol. The second kappa shape index (κ2) is 6.55. The second-order valence-electron chi connectivity index (χ2n) is 5.74. The van der Waals surface area contributed by atoms with Crippen LogP contribution in [0.25, 0.3) is 0 Å². The van der Waals surface area contributed by atoms with Crippen LogP contribution in [0.2, 0.25) is 0 Å². The fourth-order valence-electron chi connectivity index (χ4n) is 2.24. The van der Waals surface area contributed by atoms with Gasteiger partial charge in [-0.1, -0.05) is 60.7 Å². The van der Waals surface area contributed by atoms with Crippen molar-refractivity contribution in [2.45, 2.75) is 25.3 Å². The van der Waals surface area contributed by atoms with Gasteiger partial charge in [-0.25, -0.2) is 0 Å². The molecular formula is C18H22N2O. The predicted molar refractivity (Wildman–Crippen MR) is 86.0 cm³/mol. The molecule has 0 aliphatic carbocycles. The third-order valence-corrected chi connectivity index (χ3v) is 3.77. The van der Waals surface area contributed by atoms with Crippen molar-refractivity contribution in [1.29, 1.82) is 0 Å². The summed E-state index contributed by atoms with van der Waals surface area (Å²) < 4.78 is 0. The Labute approximate surface area is 126 Å². The van der Waals surface area contributed by atoms with Gasteiger partial charge in [0, 0.05) is 12.5 Å². The Balaban J connectivity index is 2.24. The Bertz CT molecular complexity index is 539. The zero-order valence-electron chi connectivity index (χ0n) is 12.5. The van der Waals surface area contributed by atoms with E-state index in [1.807, 2.05) is 50.2 Å². The lowest BCUT2D eigenvalue weighted by Crippen LogP contribution is -2.51. The number of carbonyl (C=O) groups is 1. The highest BCUT2D eigenvalue weighted by Crippen LogP contribution is 2.24. The van der Waals surface area contributed by atoms with E-state index in [0.29, 0.717) is 6.54 Å². The van der Waals surface area contributed by atoms with Gasteiger partial charge in [-0.2, -0.15) is 0 Å². The molecule has 0 saturated carbocycles. The van der Waals surface area contributed by atoms with E-state index in [1.54, 1.807) is 0 Å². The van der Waals surface area contributed by atoms with Crippen LogP contribution in [0.5, 0.6) is 0 Å². The van der Waals surface area contributed by atoms with Crippen LogP contribution in [0.3, 0.4) is 0 Å². The number of nitrogens with two attached hydrogens (primary N) is 1. The first-order valence-corrected chi connectivity index (χ1v) is 7.15. The molecule has 0 aromatic heterocycles. The van der Waals surface area contributed by atoms with Crippen molar-refractivity contribution in [1.82, 2.24) is 5.32 Å². The maximum absolute atomic E-state index is 11.5. The predicted octanol–water partition coefficient (Wildman–Crippen LogP) is 2.67. The first-order chi connectivity index (χ1) is 10.0. The minimum atomic E-state index is -0.720. The molecule has 110 valence electrons. The molecule has 3 N–H and O–H groups in total. The average Bonchev–Trinajstić information content (AvgIpc) is 2.49. The molecule has 0 saturated heterocycles. The Morgan fingerprint density at radius 1 is 1.00 bits per heavy atom. The second-order valence-corrected chi connectivity index (χ2v) is 5.74. The van der Waals surface area contributed by atoms with E-state index in [9.17, 15) is 4.79 Å². The number of rotatable bonds is 6. The molecule has 2 rings (SSSR count). The van der Waals surface area contributed by atoms with Gasteiger partial charge in [0.2, 0.25) is 5.91 Å². The first kappa shape index (κ1) is 15.3. The molecule has 3 heteroatoms. The number of nitrogens with one attached hydrogen (secondary N) is 1. The van der Waals surface area contributed by atoms with Crippen LogP contribution in [-0.4, -0.2) is 18.0 Å². The molecule has 0 radical (unpaired) electrons. The molecule has 0 heterocycles. The third-order valence-electron chi connectivity index (χ3n) is 3.77. The molecule has 1 amide bonds. The number of hydrogen-bond donors (Lipinski definition) is 2. The standard InChI is InChI=1S/C18H22N2O/c1-18(2,17(19)21)20-13-16(14-9-5-3-6-10-14)15-11-7-4-8-12-15/h3-12,16,20H,13H2,1-2H3,(H2,19,21). The molecule has 0 aliphatic rings. The van der Waals surface area contributed by atoms with Gasteiger partial charge < -0.3 is 11.1 Å². The monoisotopic (exact) mass is 282 g/mol. The van der Waals surface area contributed by atoms with Crippen LogP contribution in [0, 0.1) is 0 Å². The number of carbonyl (C=O) groups excluding carboxylic acids is 1. The largest absolute Gasteiger partial charge is 0.368 e. The number of hydrogen-bond acceptors (Lipinski definition) is 2. The SMILES string of the molecule is CC(C)(NCC(c1ccccc1)c1ccccc1)C(N)=O. The van der Waals surface area contributed by atoms with Crippen LogP contribution in [0.1, 0.15) is 30.9 Å². The molecule has 2 aromatic carbocycles. The van der Waals surface area contributed by atoms with E-state index in [1.165, 1.54) is 11.1 Å². The summed E-state index contributed by atoms with van der Waals surface area (Å²) >= 11 is 0. The Morgan fingerprint density at radius 2 is 1.43 bits per heavy atom. The molecule has 0 fully saturated rings. The summed E-state index contributed by atoms with van der Waals surface area (Å²) in [5.41, 5.74) is 7.15. The quantitative estimate of drug-likeness (QED) is 0.856. The molecule has 0 atom stereocenters. The van der Waals surface area contributed by atoms with Gasteiger partial charge in [-0.15, -0.1) is 0 Å². The molecule has 3 nitrogen and oxygen atoms in total. The zero-order chi connectivity index (χ0) is 15.3. The van der Waals surface area contributed by atoms with E-state index < -0.39 is 5.54 Å². The summed E-state index contributed by atoms with van der Waals surface area (Å²) in [4.78, 5) is 11.5. The lowest BCUT2D eigenvalue weighted by atomic mass is 9.90. The van der Waals surface area contributed by atoms with E-state index in [-0.39, 0.29) is 11.8 Å². The van der Waals surface area contributed by atoms with E-state index in [4.69, 9.17) is 5.73 Å². The summed E-state index contributed by atoms with van der Waals surface area (Å²) in [6.07, 6.45) is 0. The summed E-state index contributed by atoms with van der Waals surface area (Å²) in [7, 11) is 0. The van der Waals surface area contributed by atoms with Crippen molar-refractivity contribution in [2.24, 2.45) is 5.73 Å². The number of primary amides is 1. The maximum Gasteiger partial charge on any atom is 0.237 e. The van der Waals surface area contributed by atoms with Gasteiger partial charge in [-0.3, -0.25) is 4.79 Å². The smallest absolute Gasteiger partial charge is 0.237 e. The highest BCUT2D eigenvalue weighted by atomic mass is 16.1. The highest BCUT2D eigenvalue weighted by Gasteiger charge is 2.26. The van der Waals surface area contributed by atoms with Crippen molar-refractivity contribution >= 4 is 5.91 Å². The highest BCUT2D eigenvalue weighted by molar-refractivity contribution is 5.83.